The number of carbonyl (C=O) groups is 1. The lowest BCUT2D eigenvalue weighted by atomic mass is 9.88. The van der Waals surface area contributed by atoms with Crippen molar-refractivity contribution in [2.24, 2.45) is 5.41 Å². The molecule has 0 aliphatic rings. The van der Waals surface area contributed by atoms with Gasteiger partial charge in [-0.3, -0.25) is 4.79 Å². The number of hydrogen-bond acceptors (Lipinski definition) is 4. The van der Waals surface area contributed by atoms with Crippen molar-refractivity contribution in [3.63, 3.8) is 0 Å². The molecular formula is C13H23N3O4S. The molecule has 1 heterocycles. The van der Waals surface area contributed by atoms with E-state index in [9.17, 15) is 18.3 Å². The summed E-state index contributed by atoms with van der Waals surface area (Å²) in [6.45, 7) is 9.34. The lowest BCUT2D eigenvalue weighted by molar-refractivity contribution is -0.141. The van der Waals surface area contributed by atoms with Crippen LogP contribution < -0.4 is 4.72 Å². The summed E-state index contributed by atoms with van der Waals surface area (Å²) in [4.78, 5) is 15.3. The highest BCUT2D eigenvalue weighted by molar-refractivity contribution is 7.89. The molecule has 1 atom stereocenters. The minimum Gasteiger partial charge on any atom is -0.480 e. The average molecular weight is 317 g/mol. The van der Waals surface area contributed by atoms with Gasteiger partial charge in [0.2, 0.25) is 0 Å². The standard InChI is InChI=1S/C13H23N3O4S/c1-6-7-16-8-10(14-9(16)2)21(19,20)15-11(12(17)18)13(3,4)5/h8,11,15H,6-7H2,1-5H3,(H,17,18). The number of sulfonamides is 1. The van der Waals surface area contributed by atoms with Gasteiger partial charge in [-0.15, -0.1) is 0 Å². The van der Waals surface area contributed by atoms with Gasteiger partial charge in [-0.05, 0) is 18.8 Å². The Balaban J connectivity index is 3.11. The number of rotatable bonds is 6. The van der Waals surface area contributed by atoms with Crippen LogP contribution >= 0.6 is 0 Å². The summed E-state index contributed by atoms with van der Waals surface area (Å²) in [5.74, 6) is -0.629. The van der Waals surface area contributed by atoms with Crippen molar-refractivity contribution in [1.82, 2.24) is 14.3 Å². The molecular weight excluding hydrogens is 294 g/mol. The lowest BCUT2D eigenvalue weighted by Gasteiger charge is -2.27. The van der Waals surface area contributed by atoms with Crippen molar-refractivity contribution in [1.29, 1.82) is 0 Å². The Bertz CT molecular complexity index is 614. The second-order valence-corrected chi connectivity index (χ2v) is 7.74. The predicted octanol–water partition coefficient (Wildman–Crippen LogP) is 1.38. The molecule has 21 heavy (non-hydrogen) atoms. The van der Waals surface area contributed by atoms with Crippen LogP contribution in [0.5, 0.6) is 0 Å². The fourth-order valence-corrected chi connectivity index (χ4v) is 3.29. The third kappa shape index (κ3) is 4.28. The molecule has 8 heteroatoms. The van der Waals surface area contributed by atoms with E-state index in [4.69, 9.17) is 0 Å². The molecule has 0 saturated heterocycles. The smallest absolute Gasteiger partial charge is 0.322 e. The number of carboxylic acid groups (broad SMARTS) is 1. The quantitative estimate of drug-likeness (QED) is 0.825. The molecule has 2 N–H and O–H groups in total. The lowest BCUT2D eigenvalue weighted by Crippen LogP contribution is -2.49. The van der Waals surface area contributed by atoms with Crippen LogP contribution in [0.4, 0.5) is 0 Å². The molecule has 1 unspecified atom stereocenters. The molecule has 0 amide bonds. The molecule has 0 aliphatic carbocycles. The number of nitrogens with zero attached hydrogens (tertiary/aromatic N) is 2. The molecule has 1 rings (SSSR count). The van der Waals surface area contributed by atoms with Gasteiger partial charge in [0.15, 0.2) is 5.03 Å². The highest BCUT2D eigenvalue weighted by Crippen LogP contribution is 2.21. The molecule has 0 bridgehead atoms. The first-order valence-electron chi connectivity index (χ1n) is 6.78. The molecule has 120 valence electrons. The zero-order valence-electron chi connectivity index (χ0n) is 13.0. The Kier molecular flexibility index (Phi) is 5.16. The molecule has 0 spiro atoms. The maximum absolute atomic E-state index is 12.3. The number of imidazole rings is 1. The molecule has 7 nitrogen and oxygen atoms in total. The summed E-state index contributed by atoms with van der Waals surface area (Å²) < 4.78 is 28.6. The topological polar surface area (TPSA) is 101 Å². The number of aromatic nitrogens is 2. The minimum absolute atomic E-state index is 0.149. The molecule has 0 aromatic carbocycles. The Hall–Kier alpha value is -1.41. The van der Waals surface area contributed by atoms with E-state index < -0.39 is 27.4 Å². The van der Waals surface area contributed by atoms with Gasteiger partial charge in [0.1, 0.15) is 11.9 Å². The van der Waals surface area contributed by atoms with E-state index >= 15 is 0 Å². The summed E-state index contributed by atoms with van der Waals surface area (Å²) in [7, 11) is -3.97. The SMILES string of the molecule is CCCn1cc(S(=O)(=O)NC(C(=O)O)C(C)(C)C)nc1C. The van der Waals surface area contributed by atoms with Crippen LogP contribution in [0.2, 0.25) is 0 Å². The fraction of sp³-hybridized carbons (Fsp3) is 0.692. The van der Waals surface area contributed by atoms with Gasteiger partial charge < -0.3 is 9.67 Å². The van der Waals surface area contributed by atoms with Crippen molar-refractivity contribution in [3.05, 3.63) is 12.0 Å². The summed E-state index contributed by atoms with van der Waals surface area (Å²) in [6, 6.07) is -1.22. The normalized spacial score (nSPS) is 14.1. The van der Waals surface area contributed by atoms with E-state index in [-0.39, 0.29) is 5.03 Å². The van der Waals surface area contributed by atoms with Crippen molar-refractivity contribution in [2.45, 2.75) is 58.7 Å². The maximum Gasteiger partial charge on any atom is 0.322 e. The molecule has 0 fully saturated rings. The molecule has 0 saturated carbocycles. The van der Waals surface area contributed by atoms with Crippen molar-refractivity contribution < 1.29 is 18.3 Å². The average Bonchev–Trinajstić information content (AvgIpc) is 2.68. The number of aliphatic carboxylic acids is 1. The van der Waals surface area contributed by atoms with Gasteiger partial charge >= 0.3 is 5.97 Å². The highest BCUT2D eigenvalue weighted by Gasteiger charge is 2.36. The van der Waals surface area contributed by atoms with Gasteiger partial charge in [0.25, 0.3) is 10.0 Å². The Morgan fingerprint density at radius 2 is 2.05 bits per heavy atom. The largest absolute Gasteiger partial charge is 0.480 e. The zero-order chi connectivity index (χ0) is 16.4. The van der Waals surface area contributed by atoms with Crippen LogP contribution in [-0.4, -0.2) is 35.1 Å². The van der Waals surface area contributed by atoms with Gasteiger partial charge in [-0.25, -0.2) is 13.4 Å². The van der Waals surface area contributed by atoms with Crippen LogP contribution in [0, 0.1) is 12.3 Å². The summed E-state index contributed by atoms with van der Waals surface area (Å²) in [6.07, 6.45) is 2.28. The number of nitrogens with one attached hydrogen (secondary N) is 1. The van der Waals surface area contributed by atoms with Crippen molar-refractivity contribution in [3.8, 4) is 0 Å². The van der Waals surface area contributed by atoms with E-state index in [1.807, 2.05) is 6.92 Å². The monoisotopic (exact) mass is 317 g/mol. The van der Waals surface area contributed by atoms with Gasteiger partial charge in [-0.1, -0.05) is 27.7 Å². The second-order valence-electron chi connectivity index (χ2n) is 6.08. The minimum atomic E-state index is -3.97. The first kappa shape index (κ1) is 17.6. The van der Waals surface area contributed by atoms with Crippen LogP contribution in [0.25, 0.3) is 0 Å². The summed E-state index contributed by atoms with van der Waals surface area (Å²) >= 11 is 0. The van der Waals surface area contributed by atoms with Crippen molar-refractivity contribution >= 4 is 16.0 Å². The van der Waals surface area contributed by atoms with Gasteiger partial charge in [-0.2, -0.15) is 4.72 Å². The first-order valence-corrected chi connectivity index (χ1v) is 8.26. The Morgan fingerprint density at radius 3 is 2.48 bits per heavy atom. The number of carboxylic acids is 1. The summed E-state index contributed by atoms with van der Waals surface area (Å²) in [5, 5.41) is 9.06. The Labute approximate surface area is 125 Å². The van der Waals surface area contributed by atoms with Gasteiger partial charge in [0, 0.05) is 12.7 Å². The number of aryl methyl sites for hydroxylation is 2. The third-order valence-electron chi connectivity index (χ3n) is 3.08. The molecule has 0 aliphatic heterocycles. The van der Waals surface area contributed by atoms with E-state index in [0.717, 1.165) is 6.42 Å². The third-order valence-corrected chi connectivity index (χ3v) is 4.37. The first-order chi connectivity index (χ1) is 9.49. The second kappa shape index (κ2) is 6.15. The van der Waals surface area contributed by atoms with Gasteiger partial charge in [0.05, 0.1) is 0 Å². The van der Waals surface area contributed by atoms with E-state index in [0.29, 0.717) is 12.4 Å². The van der Waals surface area contributed by atoms with Crippen LogP contribution in [0.3, 0.4) is 0 Å². The number of hydrogen-bond donors (Lipinski definition) is 2. The van der Waals surface area contributed by atoms with Crippen molar-refractivity contribution in [2.75, 3.05) is 0 Å². The maximum atomic E-state index is 12.3. The fourth-order valence-electron chi connectivity index (χ4n) is 1.89. The Morgan fingerprint density at radius 1 is 1.48 bits per heavy atom. The van der Waals surface area contributed by atoms with E-state index in [2.05, 4.69) is 9.71 Å². The molecule has 0 radical (unpaired) electrons. The molecule has 1 aromatic heterocycles. The van der Waals surface area contributed by atoms with Crippen LogP contribution in [-0.2, 0) is 21.4 Å². The van der Waals surface area contributed by atoms with Crippen LogP contribution in [0.1, 0.15) is 39.9 Å². The van der Waals surface area contributed by atoms with Crippen LogP contribution in [0.15, 0.2) is 11.2 Å². The van der Waals surface area contributed by atoms with E-state index in [1.54, 1.807) is 32.3 Å². The highest BCUT2D eigenvalue weighted by atomic mass is 32.2. The zero-order valence-corrected chi connectivity index (χ0v) is 13.9. The van der Waals surface area contributed by atoms with E-state index in [1.165, 1.54) is 6.20 Å². The molecule has 1 aromatic rings. The summed E-state index contributed by atoms with van der Waals surface area (Å²) in [5.41, 5.74) is -0.750. The predicted molar refractivity (Wildman–Crippen MR) is 78.5 cm³/mol.